The zero-order chi connectivity index (χ0) is 10.1. The third kappa shape index (κ3) is 1.69. The molecule has 1 unspecified atom stereocenters. The Hall–Kier alpha value is -0.450. The minimum absolute atomic E-state index is 0.452. The van der Waals surface area contributed by atoms with Gasteiger partial charge in [0.25, 0.3) is 0 Å². The van der Waals surface area contributed by atoms with Gasteiger partial charge in [0.2, 0.25) is 0 Å². The van der Waals surface area contributed by atoms with E-state index >= 15 is 0 Å². The average molecular weight is 211 g/mol. The molecule has 78 valence electrons. The van der Waals surface area contributed by atoms with Crippen LogP contribution in [0.1, 0.15) is 28.0 Å². The normalized spacial score (nSPS) is 22.4. The third-order valence-electron chi connectivity index (χ3n) is 2.81. The van der Waals surface area contributed by atoms with Gasteiger partial charge < -0.3 is 5.73 Å². The van der Waals surface area contributed by atoms with E-state index in [4.69, 9.17) is 5.73 Å². The highest BCUT2D eigenvalue weighted by atomic mass is 32.1. The predicted octanol–water partition coefficient (Wildman–Crippen LogP) is 1.33. The lowest BCUT2D eigenvalue weighted by Crippen LogP contribution is -2.33. The molecule has 1 aromatic heterocycles. The number of nitrogens with zero attached hydrogens (tertiary/aromatic N) is 2. The van der Waals surface area contributed by atoms with E-state index in [1.807, 2.05) is 11.3 Å². The monoisotopic (exact) mass is 211 g/mol. The zero-order valence-corrected chi connectivity index (χ0v) is 9.60. The summed E-state index contributed by atoms with van der Waals surface area (Å²) in [5.41, 5.74) is 6.92. The first kappa shape index (κ1) is 10.1. The van der Waals surface area contributed by atoms with Gasteiger partial charge in [-0.15, -0.1) is 11.3 Å². The van der Waals surface area contributed by atoms with E-state index in [0.29, 0.717) is 6.04 Å². The molecule has 0 saturated heterocycles. The summed E-state index contributed by atoms with van der Waals surface area (Å²) in [6, 6.07) is 0.452. The van der Waals surface area contributed by atoms with Crippen LogP contribution >= 0.6 is 11.3 Å². The molecule has 4 heteroatoms. The second kappa shape index (κ2) is 3.96. The standard InChI is InChI=1S/C10H17N3S/c1-7-12-10-8(3-5-11)13(2)6-4-9(10)14-7/h8H,3-6,11H2,1-2H3. The van der Waals surface area contributed by atoms with Crippen molar-refractivity contribution < 1.29 is 0 Å². The van der Waals surface area contributed by atoms with Gasteiger partial charge in [-0.05, 0) is 33.4 Å². The topological polar surface area (TPSA) is 42.2 Å². The Morgan fingerprint density at radius 1 is 1.64 bits per heavy atom. The van der Waals surface area contributed by atoms with E-state index in [2.05, 4.69) is 23.9 Å². The van der Waals surface area contributed by atoms with Crippen molar-refractivity contribution in [3.8, 4) is 0 Å². The van der Waals surface area contributed by atoms with Crippen molar-refractivity contribution in [3.05, 3.63) is 15.6 Å². The Bertz CT molecular complexity index is 321. The van der Waals surface area contributed by atoms with Gasteiger partial charge in [0, 0.05) is 11.4 Å². The third-order valence-corrected chi connectivity index (χ3v) is 3.86. The minimum Gasteiger partial charge on any atom is -0.330 e. The van der Waals surface area contributed by atoms with Crippen LogP contribution in [0.15, 0.2) is 0 Å². The zero-order valence-electron chi connectivity index (χ0n) is 8.79. The van der Waals surface area contributed by atoms with E-state index in [0.717, 1.165) is 25.9 Å². The number of nitrogens with two attached hydrogens (primary N) is 1. The van der Waals surface area contributed by atoms with Crippen LogP contribution in [0.2, 0.25) is 0 Å². The summed E-state index contributed by atoms with van der Waals surface area (Å²) in [6.45, 7) is 3.97. The van der Waals surface area contributed by atoms with Crippen LogP contribution in [0.5, 0.6) is 0 Å². The smallest absolute Gasteiger partial charge is 0.0900 e. The van der Waals surface area contributed by atoms with Crippen molar-refractivity contribution in [1.82, 2.24) is 9.88 Å². The molecule has 2 N–H and O–H groups in total. The summed E-state index contributed by atoms with van der Waals surface area (Å²) in [5.74, 6) is 0. The fourth-order valence-corrected chi connectivity index (χ4v) is 3.06. The number of aromatic nitrogens is 1. The Balaban J connectivity index is 2.30. The first-order chi connectivity index (χ1) is 6.72. The molecule has 2 rings (SSSR count). The lowest BCUT2D eigenvalue weighted by Gasteiger charge is -2.31. The van der Waals surface area contributed by atoms with Crippen LogP contribution in [0.25, 0.3) is 0 Å². The molecule has 14 heavy (non-hydrogen) atoms. The number of hydrogen-bond donors (Lipinski definition) is 1. The van der Waals surface area contributed by atoms with Crippen LogP contribution < -0.4 is 5.73 Å². The maximum atomic E-state index is 5.63. The molecular formula is C10H17N3S. The molecule has 1 aliphatic rings. The molecule has 1 aliphatic heterocycles. The van der Waals surface area contributed by atoms with Crippen LogP contribution in [-0.2, 0) is 6.42 Å². The second-order valence-corrected chi connectivity index (χ2v) is 5.15. The number of aryl methyl sites for hydroxylation is 1. The first-order valence-corrected chi connectivity index (χ1v) is 5.90. The Morgan fingerprint density at radius 2 is 2.43 bits per heavy atom. The number of thiazole rings is 1. The highest BCUT2D eigenvalue weighted by Gasteiger charge is 2.27. The molecule has 0 radical (unpaired) electrons. The van der Waals surface area contributed by atoms with Crippen molar-refractivity contribution >= 4 is 11.3 Å². The summed E-state index contributed by atoms with van der Waals surface area (Å²) in [6.07, 6.45) is 2.17. The van der Waals surface area contributed by atoms with E-state index in [1.165, 1.54) is 15.6 Å². The molecule has 0 aromatic carbocycles. The fraction of sp³-hybridized carbons (Fsp3) is 0.700. The van der Waals surface area contributed by atoms with Gasteiger partial charge >= 0.3 is 0 Å². The highest BCUT2D eigenvalue weighted by Crippen LogP contribution is 2.33. The Morgan fingerprint density at radius 3 is 3.14 bits per heavy atom. The van der Waals surface area contributed by atoms with Crippen LogP contribution in [0, 0.1) is 6.92 Å². The fourth-order valence-electron chi connectivity index (χ4n) is 2.08. The van der Waals surface area contributed by atoms with Crippen LogP contribution in [0.3, 0.4) is 0 Å². The van der Waals surface area contributed by atoms with Gasteiger partial charge in [0.1, 0.15) is 0 Å². The molecule has 2 heterocycles. The van der Waals surface area contributed by atoms with Gasteiger partial charge in [0.05, 0.1) is 16.7 Å². The highest BCUT2D eigenvalue weighted by molar-refractivity contribution is 7.11. The van der Waals surface area contributed by atoms with Crippen LogP contribution in [0.4, 0.5) is 0 Å². The molecule has 3 nitrogen and oxygen atoms in total. The van der Waals surface area contributed by atoms with Crippen molar-refractivity contribution in [1.29, 1.82) is 0 Å². The van der Waals surface area contributed by atoms with Crippen molar-refractivity contribution in [3.63, 3.8) is 0 Å². The SMILES string of the molecule is Cc1nc2c(s1)CCN(C)C2CCN. The second-order valence-electron chi connectivity index (χ2n) is 3.87. The quantitative estimate of drug-likeness (QED) is 0.802. The molecule has 0 bridgehead atoms. The molecule has 0 amide bonds. The summed E-state index contributed by atoms with van der Waals surface area (Å²) in [4.78, 5) is 8.46. The van der Waals surface area contributed by atoms with Crippen LogP contribution in [-0.4, -0.2) is 30.0 Å². The minimum atomic E-state index is 0.452. The summed E-state index contributed by atoms with van der Waals surface area (Å²) in [7, 11) is 2.16. The molecule has 0 fully saturated rings. The summed E-state index contributed by atoms with van der Waals surface area (Å²) < 4.78 is 0. The molecule has 0 aliphatic carbocycles. The molecule has 0 saturated carbocycles. The van der Waals surface area contributed by atoms with Gasteiger partial charge in [0.15, 0.2) is 0 Å². The van der Waals surface area contributed by atoms with Gasteiger partial charge in [-0.2, -0.15) is 0 Å². The molecule has 0 spiro atoms. The number of hydrogen-bond acceptors (Lipinski definition) is 4. The lowest BCUT2D eigenvalue weighted by molar-refractivity contribution is 0.219. The summed E-state index contributed by atoms with van der Waals surface area (Å²) >= 11 is 1.84. The number of likely N-dealkylation sites (N-methyl/N-ethyl adjacent to an activating group) is 1. The maximum Gasteiger partial charge on any atom is 0.0900 e. The largest absolute Gasteiger partial charge is 0.330 e. The molecule has 1 atom stereocenters. The molecular weight excluding hydrogens is 194 g/mol. The van der Waals surface area contributed by atoms with Gasteiger partial charge in [-0.25, -0.2) is 4.98 Å². The molecule has 1 aromatic rings. The van der Waals surface area contributed by atoms with Gasteiger partial charge in [-0.1, -0.05) is 0 Å². The Labute approximate surface area is 88.9 Å². The maximum absolute atomic E-state index is 5.63. The van der Waals surface area contributed by atoms with E-state index in [9.17, 15) is 0 Å². The van der Waals surface area contributed by atoms with E-state index in [1.54, 1.807) is 0 Å². The van der Waals surface area contributed by atoms with E-state index in [-0.39, 0.29) is 0 Å². The lowest BCUT2D eigenvalue weighted by atomic mass is 10.0. The Kier molecular flexibility index (Phi) is 2.85. The predicted molar refractivity (Wildman–Crippen MR) is 59.6 cm³/mol. The number of fused-ring (bicyclic) bond motifs is 1. The average Bonchev–Trinajstić information content (AvgIpc) is 2.51. The first-order valence-electron chi connectivity index (χ1n) is 5.09. The van der Waals surface area contributed by atoms with E-state index < -0.39 is 0 Å². The van der Waals surface area contributed by atoms with Crippen molar-refractivity contribution in [2.75, 3.05) is 20.1 Å². The number of rotatable bonds is 2. The van der Waals surface area contributed by atoms with Gasteiger partial charge in [-0.3, -0.25) is 4.90 Å². The van der Waals surface area contributed by atoms with Crippen molar-refractivity contribution in [2.45, 2.75) is 25.8 Å². The van der Waals surface area contributed by atoms with Crippen molar-refractivity contribution in [2.24, 2.45) is 5.73 Å². The summed E-state index contributed by atoms with van der Waals surface area (Å²) in [5, 5.41) is 1.19.